The smallest absolute Gasteiger partial charge is 0.0716 e. The first-order chi connectivity index (χ1) is 8.63. The van der Waals surface area contributed by atoms with E-state index in [2.05, 4.69) is 54.5 Å². The molecule has 18 heavy (non-hydrogen) atoms. The van der Waals surface area contributed by atoms with E-state index in [9.17, 15) is 0 Å². The van der Waals surface area contributed by atoms with E-state index in [0.717, 1.165) is 24.4 Å². The minimum atomic E-state index is 0.947. The van der Waals surface area contributed by atoms with Gasteiger partial charge in [0, 0.05) is 24.2 Å². The minimum Gasteiger partial charge on any atom is -0.319 e. The van der Waals surface area contributed by atoms with E-state index < -0.39 is 0 Å². The van der Waals surface area contributed by atoms with Crippen LogP contribution in [0, 0.1) is 20.8 Å². The van der Waals surface area contributed by atoms with Gasteiger partial charge in [0.1, 0.15) is 0 Å². The van der Waals surface area contributed by atoms with Crippen molar-refractivity contribution in [3.63, 3.8) is 0 Å². The SMILES string of the molecule is CNCCc1n[nH]c(C)c1-c1ccc(C)cc1C. The Morgan fingerprint density at radius 3 is 2.67 bits per heavy atom. The second-order valence-corrected chi connectivity index (χ2v) is 4.84. The Hall–Kier alpha value is -1.61. The molecule has 0 fully saturated rings. The van der Waals surface area contributed by atoms with Crippen molar-refractivity contribution in [1.82, 2.24) is 15.5 Å². The van der Waals surface area contributed by atoms with Crippen molar-refractivity contribution in [1.29, 1.82) is 0 Å². The van der Waals surface area contributed by atoms with Crippen LogP contribution in [0.1, 0.15) is 22.5 Å². The fraction of sp³-hybridized carbons (Fsp3) is 0.400. The van der Waals surface area contributed by atoms with Gasteiger partial charge in [-0.05, 0) is 38.9 Å². The van der Waals surface area contributed by atoms with Gasteiger partial charge in [-0.2, -0.15) is 5.10 Å². The molecule has 2 N–H and O–H groups in total. The zero-order chi connectivity index (χ0) is 13.1. The summed E-state index contributed by atoms with van der Waals surface area (Å²) in [5.74, 6) is 0. The molecule has 1 aromatic heterocycles. The van der Waals surface area contributed by atoms with E-state index in [4.69, 9.17) is 0 Å². The van der Waals surface area contributed by atoms with Gasteiger partial charge in [0.15, 0.2) is 0 Å². The third-order valence-electron chi connectivity index (χ3n) is 3.29. The van der Waals surface area contributed by atoms with Crippen LogP contribution >= 0.6 is 0 Å². The van der Waals surface area contributed by atoms with Crippen LogP contribution in [-0.2, 0) is 6.42 Å². The Labute approximate surface area is 109 Å². The quantitative estimate of drug-likeness (QED) is 0.867. The first-order valence-corrected chi connectivity index (χ1v) is 6.39. The molecule has 0 aliphatic rings. The van der Waals surface area contributed by atoms with Crippen LogP contribution < -0.4 is 5.32 Å². The van der Waals surface area contributed by atoms with Gasteiger partial charge < -0.3 is 5.32 Å². The molecule has 0 bridgehead atoms. The van der Waals surface area contributed by atoms with E-state index in [0.29, 0.717) is 0 Å². The average Bonchev–Trinajstić information content (AvgIpc) is 2.68. The second kappa shape index (κ2) is 5.36. The van der Waals surface area contributed by atoms with E-state index in [-0.39, 0.29) is 0 Å². The number of aryl methyl sites for hydroxylation is 3. The van der Waals surface area contributed by atoms with Crippen LogP contribution in [0.2, 0.25) is 0 Å². The van der Waals surface area contributed by atoms with E-state index >= 15 is 0 Å². The molecule has 0 unspecified atom stereocenters. The molecule has 0 aliphatic heterocycles. The molecular formula is C15H21N3. The number of aromatic nitrogens is 2. The molecule has 0 atom stereocenters. The maximum absolute atomic E-state index is 4.43. The summed E-state index contributed by atoms with van der Waals surface area (Å²) in [6, 6.07) is 6.59. The topological polar surface area (TPSA) is 40.7 Å². The zero-order valence-corrected chi connectivity index (χ0v) is 11.6. The molecule has 2 rings (SSSR count). The fourth-order valence-corrected chi connectivity index (χ4v) is 2.36. The monoisotopic (exact) mass is 243 g/mol. The number of rotatable bonds is 4. The highest BCUT2D eigenvalue weighted by molar-refractivity contribution is 5.72. The molecule has 0 amide bonds. The highest BCUT2D eigenvalue weighted by Gasteiger charge is 2.13. The maximum atomic E-state index is 4.43. The van der Waals surface area contributed by atoms with Crippen molar-refractivity contribution < 1.29 is 0 Å². The predicted octanol–water partition coefficient (Wildman–Crippen LogP) is 2.76. The summed E-state index contributed by atoms with van der Waals surface area (Å²) < 4.78 is 0. The number of likely N-dealkylation sites (N-methyl/N-ethyl adjacent to an activating group) is 1. The number of benzene rings is 1. The number of hydrogen-bond donors (Lipinski definition) is 2. The molecular weight excluding hydrogens is 222 g/mol. The number of hydrogen-bond acceptors (Lipinski definition) is 2. The number of nitrogens with zero attached hydrogens (tertiary/aromatic N) is 1. The number of H-pyrrole nitrogens is 1. The van der Waals surface area contributed by atoms with Crippen LogP contribution in [0.25, 0.3) is 11.1 Å². The second-order valence-electron chi connectivity index (χ2n) is 4.84. The normalized spacial score (nSPS) is 10.9. The predicted molar refractivity (Wildman–Crippen MR) is 75.9 cm³/mol. The summed E-state index contributed by atoms with van der Waals surface area (Å²) in [5, 5.41) is 10.7. The third-order valence-corrected chi connectivity index (χ3v) is 3.29. The van der Waals surface area contributed by atoms with Crippen molar-refractivity contribution in [3.8, 4) is 11.1 Å². The van der Waals surface area contributed by atoms with Crippen LogP contribution in [0.3, 0.4) is 0 Å². The van der Waals surface area contributed by atoms with Crippen LogP contribution in [0.15, 0.2) is 18.2 Å². The largest absolute Gasteiger partial charge is 0.319 e. The highest BCUT2D eigenvalue weighted by Crippen LogP contribution is 2.29. The number of aromatic amines is 1. The van der Waals surface area contributed by atoms with E-state index in [1.807, 2.05) is 7.05 Å². The van der Waals surface area contributed by atoms with Gasteiger partial charge in [-0.3, -0.25) is 5.10 Å². The molecule has 0 saturated carbocycles. The Kier molecular flexibility index (Phi) is 3.82. The van der Waals surface area contributed by atoms with Crippen LogP contribution in [-0.4, -0.2) is 23.8 Å². The van der Waals surface area contributed by atoms with E-state index in [1.54, 1.807) is 0 Å². The van der Waals surface area contributed by atoms with Crippen molar-refractivity contribution in [2.45, 2.75) is 27.2 Å². The molecule has 0 saturated heterocycles. The zero-order valence-electron chi connectivity index (χ0n) is 11.6. The Morgan fingerprint density at radius 2 is 2.00 bits per heavy atom. The lowest BCUT2D eigenvalue weighted by molar-refractivity contribution is 0.773. The van der Waals surface area contributed by atoms with Gasteiger partial charge in [0.05, 0.1) is 5.69 Å². The molecule has 1 aromatic carbocycles. The fourth-order valence-electron chi connectivity index (χ4n) is 2.36. The molecule has 1 heterocycles. The summed E-state index contributed by atoms with van der Waals surface area (Å²) in [6.07, 6.45) is 0.948. The summed E-state index contributed by atoms with van der Waals surface area (Å²) >= 11 is 0. The first-order valence-electron chi connectivity index (χ1n) is 6.39. The average molecular weight is 243 g/mol. The van der Waals surface area contributed by atoms with Gasteiger partial charge in [-0.1, -0.05) is 23.8 Å². The van der Waals surface area contributed by atoms with Gasteiger partial charge in [0.25, 0.3) is 0 Å². The summed E-state index contributed by atoms with van der Waals surface area (Å²) in [4.78, 5) is 0. The first kappa shape index (κ1) is 12.8. The minimum absolute atomic E-state index is 0.947. The molecule has 0 aliphatic carbocycles. The van der Waals surface area contributed by atoms with Gasteiger partial charge in [-0.15, -0.1) is 0 Å². The van der Waals surface area contributed by atoms with Crippen LogP contribution in [0.5, 0.6) is 0 Å². The van der Waals surface area contributed by atoms with Crippen molar-refractivity contribution in [2.24, 2.45) is 0 Å². The lowest BCUT2D eigenvalue weighted by atomic mass is 9.96. The highest BCUT2D eigenvalue weighted by atomic mass is 15.1. The van der Waals surface area contributed by atoms with Gasteiger partial charge in [0.2, 0.25) is 0 Å². The van der Waals surface area contributed by atoms with Gasteiger partial charge >= 0.3 is 0 Å². The van der Waals surface area contributed by atoms with Crippen molar-refractivity contribution in [2.75, 3.05) is 13.6 Å². The Bertz CT molecular complexity index is 541. The Morgan fingerprint density at radius 1 is 1.22 bits per heavy atom. The molecule has 3 heteroatoms. The lowest BCUT2D eigenvalue weighted by Crippen LogP contribution is -2.11. The van der Waals surface area contributed by atoms with Crippen LogP contribution in [0.4, 0.5) is 0 Å². The van der Waals surface area contributed by atoms with Crippen molar-refractivity contribution >= 4 is 0 Å². The van der Waals surface area contributed by atoms with E-state index in [1.165, 1.54) is 22.3 Å². The molecule has 96 valence electrons. The standard InChI is InChI=1S/C15H21N3/c1-10-5-6-13(11(2)9-10)15-12(3)17-18-14(15)7-8-16-4/h5-6,9,16H,7-8H2,1-4H3,(H,17,18). The molecule has 0 radical (unpaired) electrons. The summed E-state index contributed by atoms with van der Waals surface area (Å²) in [7, 11) is 1.97. The summed E-state index contributed by atoms with van der Waals surface area (Å²) in [5.41, 5.74) is 7.46. The van der Waals surface area contributed by atoms with Crippen molar-refractivity contribution in [3.05, 3.63) is 40.7 Å². The molecule has 3 nitrogen and oxygen atoms in total. The Balaban J connectivity index is 2.45. The lowest BCUT2D eigenvalue weighted by Gasteiger charge is -2.09. The summed E-state index contributed by atoms with van der Waals surface area (Å²) in [6.45, 7) is 7.32. The molecule has 0 spiro atoms. The maximum Gasteiger partial charge on any atom is 0.0716 e. The third kappa shape index (κ3) is 2.46. The van der Waals surface area contributed by atoms with Gasteiger partial charge in [-0.25, -0.2) is 0 Å². The molecule has 2 aromatic rings. The number of nitrogens with one attached hydrogen (secondary N) is 2.